The van der Waals surface area contributed by atoms with Crippen molar-refractivity contribution >= 4 is 21.4 Å². The van der Waals surface area contributed by atoms with Crippen LogP contribution >= 0.6 is 0 Å². The van der Waals surface area contributed by atoms with Gasteiger partial charge in [-0.25, -0.2) is 4.98 Å². The number of nitriles is 1. The Balaban J connectivity index is 1.00. The van der Waals surface area contributed by atoms with E-state index in [9.17, 15) is 19.4 Å². The molecule has 10 atom stereocenters. The molecule has 1 unspecified atom stereocenters. The molecule has 1 aromatic heterocycles. The summed E-state index contributed by atoms with van der Waals surface area (Å²) in [6, 6.07) is 5.30. The lowest BCUT2D eigenvalue weighted by atomic mass is 9.33. The molecule has 59 heavy (non-hydrogen) atoms. The number of carbonyl (C=O) groups is 1. The van der Waals surface area contributed by atoms with Crippen molar-refractivity contribution in [1.29, 1.82) is 5.26 Å². The van der Waals surface area contributed by atoms with Gasteiger partial charge in [-0.2, -0.15) is 5.26 Å². The first-order valence-electron chi connectivity index (χ1n) is 22.9. The summed E-state index contributed by atoms with van der Waals surface area (Å²) in [4.78, 5) is 19.5. The minimum absolute atomic E-state index is 0.0140. The molecule has 322 valence electrons. The van der Waals surface area contributed by atoms with E-state index >= 15 is 0 Å². The Morgan fingerprint density at radius 3 is 2.46 bits per heavy atom. The van der Waals surface area contributed by atoms with E-state index in [0.717, 1.165) is 50.5 Å². The molecule has 0 aromatic carbocycles. The number of ether oxygens (including phenoxy) is 1. The van der Waals surface area contributed by atoms with Crippen molar-refractivity contribution in [3.05, 3.63) is 59.3 Å². The molecule has 0 spiro atoms. The number of pyridine rings is 1. The largest absolute Gasteiger partial charge is 0.481 e. The predicted octanol–water partition coefficient (Wildman–Crippen LogP) is 9.08. The van der Waals surface area contributed by atoms with Crippen molar-refractivity contribution in [2.24, 2.45) is 56.7 Å². The van der Waals surface area contributed by atoms with Crippen LogP contribution in [0.2, 0.25) is 0 Å². The minimum Gasteiger partial charge on any atom is -0.481 e. The van der Waals surface area contributed by atoms with E-state index in [1.165, 1.54) is 74.3 Å². The second-order valence-electron chi connectivity index (χ2n) is 21.8. The van der Waals surface area contributed by atoms with E-state index in [-0.39, 0.29) is 33.8 Å². The molecule has 6 aliphatic carbocycles. The molecule has 5 fully saturated rings. The Morgan fingerprint density at radius 2 is 1.78 bits per heavy atom. The summed E-state index contributed by atoms with van der Waals surface area (Å²) in [5, 5.41) is 24.1. The fourth-order valence-electron chi connectivity index (χ4n) is 15.4. The molecule has 0 bridgehead atoms. The van der Waals surface area contributed by atoms with Crippen LogP contribution < -0.4 is 10.1 Å². The zero-order chi connectivity index (χ0) is 42.2. The van der Waals surface area contributed by atoms with E-state index < -0.39 is 20.9 Å². The van der Waals surface area contributed by atoms with Crippen molar-refractivity contribution in [2.75, 3.05) is 44.3 Å². The van der Waals surface area contributed by atoms with Gasteiger partial charge in [0.1, 0.15) is 12.0 Å². The van der Waals surface area contributed by atoms with Crippen LogP contribution in [0.1, 0.15) is 124 Å². The summed E-state index contributed by atoms with van der Waals surface area (Å²) in [7, 11) is -1.88. The van der Waals surface area contributed by atoms with E-state index in [0.29, 0.717) is 53.9 Å². The van der Waals surface area contributed by atoms with Gasteiger partial charge >= 0.3 is 5.97 Å². The molecule has 1 saturated heterocycles. The Bertz CT molecular complexity index is 2050. The first-order chi connectivity index (χ1) is 27.8. The zero-order valence-electron chi connectivity index (χ0n) is 37.0. The third-order valence-corrected chi connectivity index (χ3v) is 20.7. The van der Waals surface area contributed by atoms with Crippen LogP contribution in [-0.2, 0) is 14.3 Å². The number of rotatable bonds is 10. The number of allylic oxidation sites excluding steroid dienone is 5. The molecule has 4 saturated carbocycles. The molecule has 1 aliphatic heterocycles. The van der Waals surface area contributed by atoms with Crippen molar-refractivity contribution in [3.63, 3.8) is 0 Å². The normalized spacial score (nSPS) is 41.1. The maximum absolute atomic E-state index is 12.8. The van der Waals surface area contributed by atoms with Crippen LogP contribution in [-0.4, -0.2) is 80.9 Å². The predicted molar refractivity (Wildman–Crippen MR) is 239 cm³/mol. The second kappa shape index (κ2) is 15.2. The summed E-state index contributed by atoms with van der Waals surface area (Å²) in [5.74, 6) is 8.01. The van der Waals surface area contributed by atoms with E-state index in [4.69, 9.17) is 4.74 Å². The Hall–Kier alpha value is -2.93. The van der Waals surface area contributed by atoms with Crippen molar-refractivity contribution < 1.29 is 18.8 Å². The molecule has 8 rings (SSSR count). The standard InChI is InChI=1S/C50H72N4O4S/c1-34(2)37-13-21-50(53-25-26-54-27-29-59(8,57)30-28-54)23-22-47(6)39(43(37)50)9-10-41-46(5)17-14-38(45(3,4)40(46)15-18-48(41,47)7)36-11-19-49(20-12-36,44(55)56)33-58-42-31-35(32-51)16-24-52-42/h11,14,16,24,31,37,39-41,43,53H,1,8-10,12-13,15,17-23,25-30,33H2,2-7H3,(H,55,56)/t37-,39+,40-,41+,43+,46-,47+,48+,49?,50-/m0/s1. The molecule has 0 radical (unpaired) electrons. The highest BCUT2D eigenvalue weighted by molar-refractivity contribution is 8.00. The number of aromatic nitrogens is 1. The second-order valence-corrected chi connectivity index (χ2v) is 24.6. The van der Waals surface area contributed by atoms with E-state index in [1.807, 2.05) is 0 Å². The smallest absolute Gasteiger partial charge is 0.313 e. The van der Waals surface area contributed by atoms with Crippen molar-refractivity contribution in [1.82, 2.24) is 15.2 Å². The molecular formula is C50H72N4O4S. The number of hydrogen-bond acceptors (Lipinski definition) is 7. The molecule has 8 nitrogen and oxygen atoms in total. The molecular weight excluding hydrogens is 753 g/mol. The number of fused-ring (bicyclic) bond motifs is 7. The maximum Gasteiger partial charge on any atom is 0.313 e. The average Bonchev–Trinajstić information content (AvgIpc) is 3.58. The fourth-order valence-corrected chi connectivity index (χ4v) is 16.8. The molecule has 2 N–H and O–H groups in total. The van der Waals surface area contributed by atoms with Gasteiger partial charge in [-0.3, -0.25) is 9.00 Å². The van der Waals surface area contributed by atoms with Gasteiger partial charge in [-0.15, -0.1) is 0 Å². The summed E-state index contributed by atoms with van der Waals surface area (Å²) >= 11 is 0. The highest BCUT2D eigenvalue weighted by Crippen LogP contribution is 2.76. The van der Waals surface area contributed by atoms with Gasteiger partial charge in [-0.1, -0.05) is 58.9 Å². The third kappa shape index (κ3) is 6.98. The van der Waals surface area contributed by atoms with Crippen LogP contribution in [0.15, 0.2) is 53.8 Å². The van der Waals surface area contributed by atoms with Gasteiger partial charge in [0.2, 0.25) is 5.88 Å². The van der Waals surface area contributed by atoms with Crippen LogP contribution in [0, 0.1) is 68.0 Å². The van der Waals surface area contributed by atoms with Crippen molar-refractivity contribution in [2.45, 2.75) is 124 Å². The lowest BCUT2D eigenvalue weighted by molar-refractivity contribution is -0.221. The maximum atomic E-state index is 12.8. The van der Waals surface area contributed by atoms with Crippen LogP contribution in [0.3, 0.4) is 0 Å². The number of hydrogen-bond donors (Lipinski definition) is 2. The van der Waals surface area contributed by atoms with Gasteiger partial charge in [0, 0.05) is 55.5 Å². The zero-order valence-corrected chi connectivity index (χ0v) is 37.9. The Morgan fingerprint density at radius 1 is 1.02 bits per heavy atom. The van der Waals surface area contributed by atoms with Crippen LogP contribution in [0.4, 0.5) is 0 Å². The number of nitrogens with one attached hydrogen (secondary N) is 1. The lowest BCUT2D eigenvalue weighted by Crippen LogP contribution is -2.68. The summed E-state index contributed by atoms with van der Waals surface area (Å²) in [5.41, 5.74) is 4.47. The first-order valence-corrected chi connectivity index (χ1v) is 25.0. The van der Waals surface area contributed by atoms with Crippen molar-refractivity contribution in [3.8, 4) is 11.9 Å². The van der Waals surface area contributed by atoms with E-state index in [1.54, 1.807) is 12.1 Å². The molecule has 7 aliphatic rings. The number of carboxylic acids is 1. The summed E-state index contributed by atoms with van der Waals surface area (Å²) < 4.78 is 18.5. The van der Waals surface area contributed by atoms with Crippen LogP contribution in [0.5, 0.6) is 5.88 Å². The van der Waals surface area contributed by atoms with Gasteiger partial charge in [-0.05, 0) is 168 Å². The van der Waals surface area contributed by atoms with Gasteiger partial charge in [0.15, 0.2) is 0 Å². The monoisotopic (exact) mass is 825 g/mol. The first kappa shape index (κ1) is 42.7. The number of aliphatic carboxylic acids is 1. The van der Waals surface area contributed by atoms with Gasteiger partial charge < -0.3 is 20.1 Å². The summed E-state index contributed by atoms with van der Waals surface area (Å²) in [6.07, 6.45) is 19.2. The Kier molecular flexibility index (Phi) is 11.0. The Labute approximate surface area is 355 Å². The lowest BCUT2D eigenvalue weighted by Gasteiger charge is -2.72. The molecule has 2 heterocycles. The fraction of sp³-hybridized carbons (Fsp3) is 0.720. The SMILES string of the molecule is C=C(C)[C@@H]1CC[C@]2(NCCN3CCS(=C)(=O)CC3)CC[C@]3(C)[C@H](CC[C@@H]4[C@@]5(C)CC=C(C6=CCC(COc7cc(C#N)ccn7)(C(=O)O)CC6)C(C)(C)[C@@H]5CC[C@]43C)[C@@H]12. The summed E-state index contributed by atoms with van der Waals surface area (Å²) in [6.45, 7) is 23.9. The third-order valence-electron chi connectivity index (χ3n) is 18.9. The van der Waals surface area contributed by atoms with Gasteiger partial charge in [0.25, 0.3) is 0 Å². The van der Waals surface area contributed by atoms with Crippen LogP contribution in [0.25, 0.3) is 0 Å². The number of carboxylic acid groups (broad SMARTS) is 1. The molecule has 1 aromatic rings. The van der Waals surface area contributed by atoms with E-state index in [2.05, 4.69) is 87.4 Å². The minimum atomic E-state index is -1.88. The molecule has 9 heteroatoms. The molecule has 0 amide bonds. The topological polar surface area (TPSA) is 116 Å². The van der Waals surface area contributed by atoms with Gasteiger partial charge in [0.05, 0.1) is 11.6 Å². The highest BCUT2D eigenvalue weighted by Gasteiger charge is 2.70. The average molecular weight is 825 g/mol. The number of nitrogens with zero attached hydrogens (tertiary/aromatic N) is 3. The highest BCUT2D eigenvalue weighted by atomic mass is 32.2. The quantitative estimate of drug-likeness (QED) is 0.178.